The minimum absolute atomic E-state index is 0.0658. The zero-order valence-electron chi connectivity index (χ0n) is 8.63. The first-order chi connectivity index (χ1) is 6.66. The molecule has 1 aliphatic heterocycles. The molecule has 0 bridgehead atoms. The Balaban J connectivity index is 2.28. The lowest BCUT2D eigenvalue weighted by atomic mass is 9.99. The van der Waals surface area contributed by atoms with Gasteiger partial charge >= 0.3 is 0 Å². The number of amides is 1. The second-order valence-electron chi connectivity index (χ2n) is 4.27. The molecule has 0 aliphatic carbocycles. The van der Waals surface area contributed by atoms with E-state index in [1.807, 2.05) is 6.07 Å². The summed E-state index contributed by atoms with van der Waals surface area (Å²) in [6, 6.07) is 6.15. The SMILES string of the molecule is CC(C)Cc1ccc2c(c1)CNC2=O. The summed E-state index contributed by atoms with van der Waals surface area (Å²) in [6.07, 6.45) is 1.08. The molecule has 0 atom stereocenters. The van der Waals surface area contributed by atoms with Crippen molar-refractivity contribution in [3.05, 3.63) is 34.9 Å². The third-order valence-corrected chi connectivity index (χ3v) is 2.50. The quantitative estimate of drug-likeness (QED) is 0.758. The Bertz CT molecular complexity index is 369. The molecule has 2 heteroatoms. The highest BCUT2D eigenvalue weighted by Crippen LogP contribution is 2.18. The van der Waals surface area contributed by atoms with E-state index in [1.165, 1.54) is 5.56 Å². The van der Waals surface area contributed by atoms with E-state index >= 15 is 0 Å². The minimum Gasteiger partial charge on any atom is -0.348 e. The fraction of sp³-hybridized carbons (Fsp3) is 0.417. The Morgan fingerprint density at radius 2 is 2.21 bits per heavy atom. The van der Waals surface area contributed by atoms with Gasteiger partial charge < -0.3 is 5.32 Å². The van der Waals surface area contributed by atoms with Gasteiger partial charge in [0, 0.05) is 12.1 Å². The maximum absolute atomic E-state index is 11.3. The van der Waals surface area contributed by atoms with Gasteiger partial charge in [0.15, 0.2) is 0 Å². The van der Waals surface area contributed by atoms with Crippen LogP contribution in [0.4, 0.5) is 0 Å². The van der Waals surface area contributed by atoms with Crippen molar-refractivity contribution in [2.24, 2.45) is 5.92 Å². The molecule has 0 saturated carbocycles. The molecule has 1 N–H and O–H groups in total. The highest BCUT2D eigenvalue weighted by molar-refractivity contribution is 5.98. The lowest BCUT2D eigenvalue weighted by Crippen LogP contribution is -2.12. The van der Waals surface area contributed by atoms with Gasteiger partial charge in [0.25, 0.3) is 5.91 Å². The van der Waals surface area contributed by atoms with Crippen LogP contribution in [0.2, 0.25) is 0 Å². The Kier molecular flexibility index (Phi) is 2.28. The second kappa shape index (κ2) is 3.45. The van der Waals surface area contributed by atoms with Crippen LogP contribution in [0.5, 0.6) is 0 Å². The topological polar surface area (TPSA) is 29.1 Å². The zero-order valence-corrected chi connectivity index (χ0v) is 8.63. The van der Waals surface area contributed by atoms with Crippen LogP contribution >= 0.6 is 0 Å². The van der Waals surface area contributed by atoms with E-state index in [-0.39, 0.29) is 5.91 Å². The number of nitrogens with one attached hydrogen (secondary N) is 1. The van der Waals surface area contributed by atoms with Crippen molar-refractivity contribution in [1.82, 2.24) is 5.32 Å². The standard InChI is InChI=1S/C12H15NO/c1-8(2)5-9-3-4-11-10(6-9)7-13-12(11)14/h3-4,6,8H,5,7H2,1-2H3,(H,13,14). The Morgan fingerprint density at radius 3 is 2.93 bits per heavy atom. The van der Waals surface area contributed by atoms with Crippen molar-refractivity contribution < 1.29 is 4.79 Å². The number of hydrogen-bond acceptors (Lipinski definition) is 1. The zero-order chi connectivity index (χ0) is 10.1. The summed E-state index contributed by atoms with van der Waals surface area (Å²) in [5.74, 6) is 0.731. The molecule has 0 unspecified atom stereocenters. The fourth-order valence-corrected chi connectivity index (χ4v) is 1.88. The molecule has 0 fully saturated rings. The summed E-state index contributed by atoms with van der Waals surface area (Å²) in [4.78, 5) is 11.3. The first-order valence-electron chi connectivity index (χ1n) is 5.07. The van der Waals surface area contributed by atoms with E-state index < -0.39 is 0 Å². The van der Waals surface area contributed by atoms with Gasteiger partial charge in [-0.05, 0) is 29.5 Å². The molecule has 0 saturated heterocycles. The van der Waals surface area contributed by atoms with Gasteiger partial charge in [0.05, 0.1) is 0 Å². The van der Waals surface area contributed by atoms with Crippen LogP contribution in [0.1, 0.15) is 35.3 Å². The third-order valence-electron chi connectivity index (χ3n) is 2.50. The van der Waals surface area contributed by atoms with Gasteiger partial charge in [-0.1, -0.05) is 26.0 Å². The van der Waals surface area contributed by atoms with E-state index in [0.717, 1.165) is 17.5 Å². The van der Waals surface area contributed by atoms with Crippen molar-refractivity contribution in [3.63, 3.8) is 0 Å². The van der Waals surface area contributed by atoms with E-state index in [1.54, 1.807) is 0 Å². The van der Waals surface area contributed by atoms with Crippen LogP contribution in [-0.4, -0.2) is 5.91 Å². The van der Waals surface area contributed by atoms with Crippen molar-refractivity contribution in [1.29, 1.82) is 0 Å². The van der Waals surface area contributed by atoms with Crippen molar-refractivity contribution in [3.8, 4) is 0 Å². The smallest absolute Gasteiger partial charge is 0.251 e. The van der Waals surface area contributed by atoms with Gasteiger partial charge in [-0.2, -0.15) is 0 Å². The predicted octanol–water partition coefficient (Wildman–Crippen LogP) is 2.13. The van der Waals surface area contributed by atoms with Gasteiger partial charge in [0.1, 0.15) is 0 Å². The Hall–Kier alpha value is -1.31. The summed E-state index contributed by atoms with van der Waals surface area (Å²) >= 11 is 0. The number of fused-ring (bicyclic) bond motifs is 1. The highest BCUT2D eigenvalue weighted by Gasteiger charge is 2.18. The largest absolute Gasteiger partial charge is 0.348 e. The summed E-state index contributed by atoms with van der Waals surface area (Å²) in [6.45, 7) is 5.10. The van der Waals surface area contributed by atoms with Crippen LogP contribution in [-0.2, 0) is 13.0 Å². The van der Waals surface area contributed by atoms with E-state index in [9.17, 15) is 4.79 Å². The number of carbonyl (C=O) groups is 1. The van der Waals surface area contributed by atoms with Crippen molar-refractivity contribution in [2.45, 2.75) is 26.8 Å². The highest BCUT2D eigenvalue weighted by atomic mass is 16.1. The lowest BCUT2D eigenvalue weighted by Gasteiger charge is -2.05. The lowest BCUT2D eigenvalue weighted by molar-refractivity contribution is 0.0966. The molecule has 1 aliphatic rings. The second-order valence-corrected chi connectivity index (χ2v) is 4.27. The first-order valence-corrected chi connectivity index (χ1v) is 5.07. The molecule has 1 aromatic rings. The molecule has 0 radical (unpaired) electrons. The molecule has 2 rings (SSSR count). The van der Waals surface area contributed by atoms with Crippen molar-refractivity contribution >= 4 is 5.91 Å². The molecular weight excluding hydrogens is 174 g/mol. The number of benzene rings is 1. The van der Waals surface area contributed by atoms with E-state index in [2.05, 4.69) is 31.3 Å². The summed E-state index contributed by atoms with van der Waals surface area (Å²) in [5.41, 5.74) is 3.32. The summed E-state index contributed by atoms with van der Waals surface area (Å²) in [7, 11) is 0. The molecule has 14 heavy (non-hydrogen) atoms. The molecule has 74 valence electrons. The van der Waals surface area contributed by atoms with Crippen LogP contribution in [0.3, 0.4) is 0 Å². The van der Waals surface area contributed by atoms with E-state index in [4.69, 9.17) is 0 Å². The summed E-state index contributed by atoms with van der Waals surface area (Å²) < 4.78 is 0. The normalized spacial score (nSPS) is 14.4. The summed E-state index contributed by atoms with van der Waals surface area (Å²) in [5, 5.41) is 2.83. The molecule has 1 heterocycles. The van der Waals surface area contributed by atoms with Crippen LogP contribution < -0.4 is 5.32 Å². The molecular formula is C12H15NO. The first kappa shape index (κ1) is 9.25. The maximum atomic E-state index is 11.3. The maximum Gasteiger partial charge on any atom is 0.251 e. The Labute approximate surface area is 84.3 Å². The van der Waals surface area contributed by atoms with Gasteiger partial charge in [-0.25, -0.2) is 0 Å². The molecule has 1 aromatic carbocycles. The minimum atomic E-state index is 0.0658. The molecule has 1 amide bonds. The monoisotopic (exact) mass is 189 g/mol. The van der Waals surface area contributed by atoms with Crippen LogP contribution in [0.25, 0.3) is 0 Å². The average molecular weight is 189 g/mol. The molecule has 2 nitrogen and oxygen atoms in total. The van der Waals surface area contributed by atoms with Crippen molar-refractivity contribution in [2.75, 3.05) is 0 Å². The van der Waals surface area contributed by atoms with Gasteiger partial charge in [0.2, 0.25) is 0 Å². The molecule has 0 aromatic heterocycles. The van der Waals surface area contributed by atoms with Crippen LogP contribution in [0, 0.1) is 5.92 Å². The average Bonchev–Trinajstić information content (AvgIpc) is 2.46. The number of rotatable bonds is 2. The van der Waals surface area contributed by atoms with Gasteiger partial charge in [-0.3, -0.25) is 4.79 Å². The number of carbonyl (C=O) groups excluding carboxylic acids is 1. The third kappa shape index (κ3) is 1.65. The van der Waals surface area contributed by atoms with Gasteiger partial charge in [-0.15, -0.1) is 0 Å². The van der Waals surface area contributed by atoms with E-state index in [0.29, 0.717) is 12.5 Å². The fourth-order valence-electron chi connectivity index (χ4n) is 1.88. The Morgan fingerprint density at radius 1 is 1.43 bits per heavy atom. The number of hydrogen-bond donors (Lipinski definition) is 1. The van der Waals surface area contributed by atoms with Crippen LogP contribution in [0.15, 0.2) is 18.2 Å². The molecule has 0 spiro atoms. The predicted molar refractivity (Wildman–Crippen MR) is 56.2 cm³/mol.